The number of fused-ring (bicyclic) bond motifs is 3. The summed E-state index contributed by atoms with van der Waals surface area (Å²) in [6, 6.07) is 0.115. The second-order valence-electron chi connectivity index (χ2n) is 9.55. The first-order valence-corrected chi connectivity index (χ1v) is 10.8. The SMILES string of the molecule is C[C@H]1C[C@H](NC(=O)OC(C)(C)C)CC2=C1C(=O)[C@@H]1[C@@H](CCN3C(=S)CC[C@@H]13)O2. The maximum Gasteiger partial charge on any atom is 0.407 e. The molecule has 7 heteroatoms. The van der Waals surface area contributed by atoms with Gasteiger partial charge in [-0.1, -0.05) is 19.1 Å². The smallest absolute Gasteiger partial charge is 0.407 e. The zero-order valence-electron chi connectivity index (χ0n) is 17.1. The summed E-state index contributed by atoms with van der Waals surface area (Å²) >= 11 is 5.49. The summed E-state index contributed by atoms with van der Waals surface area (Å²) in [6.45, 7) is 8.47. The van der Waals surface area contributed by atoms with Gasteiger partial charge in [-0.05, 0) is 46.0 Å². The van der Waals surface area contributed by atoms with E-state index in [4.69, 9.17) is 21.7 Å². The number of hydrogen-bond acceptors (Lipinski definition) is 5. The zero-order valence-corrected chi connectivity index (χ0v) is 17.9. The van der Waals surface area contributed by atoms with Crippen molar-refractivity contribution in [3.05, 3.63) is 11.3 Å². The number of nitrogens with zero attached hydrogens (tertiary/aromatic N) is 1. The number of rotatable bonds is 1. The van der Waals surface area contributed by atoms with Crippen molar-refractivity contribution in [1.82, 2.24) is 10.2 Å². The average Bonchev–Trinajstić information content (AvgIpc) is 2.93. The van der Waals surface area contributed by atoms with E-state index in [-0.39, 0.29) is 35.8 Å². The Kier molecular flexibility index (Phi) is 4.92. The number of Topliss-reactive ketones (excluding diaryl/α,β-unsaturated/α-hetero) is 1. The van der Waals surface area contributed by atoms with E-state index >= 15 is 0 Å². The van der Waals surface area contributed by atoms with Crippen molar-refractivity contribution in [3.63, 3.8) is 0 Å². The maximum absolute atomic E-state index is 13.5. The third kappa shape index (κ3) is 3.53. The number of amides is 1. The quantitative estimate of drug-likeness (QED) is 0.674. The largest absolute Gasteiger partial charge is 0.493 e. The molecule has 28 heavy (non-hydrogen) atoms. The van der Waals surface area contributed by atoms with Crippen molar-refractivity contribution < 1.29 is 19.1 Å². The summed E-state index contributed by atoms with van der Waals surface area (Å²) in [5, 5.41) is 2.96. The van der Waals surface area contributed by atoms with Crippen LogP contribution in [0.1, 0.15) is 59.8 Å². The van der Waals surface area contributed by atoms with Crippen LogP contribution in [0.4, 0.5) is 4.79 Å². The molecule has 3 heterocycles. The standard InChI is InChI=1S/C21H30N2O4S/c1-11-9-12(22-20(25)27-21(2,3)4)10-15-17(11)19(24)18-13-5-6-16(28)23(13)8-7-14(18)26-15/h11-14,18H,5-10H2,1-4H3,(H,22,25)/t11-,12-,13-,14+,18-/m0/s1. The molecule has 2 saturated heterocycles. The van der Waals surface area contributed by atoms with Crippen LogP contribution in [0.15, 0.2) is 11.3 Å². The highest BCUT2D eigenvalue weighted by molar-refractivity contribution is 7.80. The van der Waals surface area contributed by atoms with Gasteiger partial charge in [0.2, 0.25) is 0 Å². The topological polar surface area (TPSA) is 67.9 Å². The first-order valence-electron chi connectivity index (χ1n) is 10.4. The Bertz CT molecular complexity index is 741. The van der Waals surface area contributed by atoms with Gasteiger partial charge < -0.3 is 19.7 Å². The van der Waals surface area contributed by atoms with Crippen molar-refractivity contribution in [2.24, 2.45) is 11.8 Å². The Morgan fingerprint density at radius 2 is 2.07 bits per heavy atom. The summed E-state index contributed by atoms with van der Waals surface area (Å²) in [7, 11) is 0. The molecule has 0 bridgehead atoms. The molecule has 1 amide bonds. The third-order valence-corrected chi connectivity index (χ3v) is 6.73. The molecule has 0 spiro atoms. The molecule has 5 atom stereocenters. The number of carbonyl (C=O) groups is 2. The van der Waals surface area contributed by atoms with Gasteiger partial charge in [-0.2, -0.15) is 0 Å². The molecule has 6 nitrogen and oxygen atoms in total. The second kappa shape index (κ2) is 7.01. The third-order valence-electron chi connectivity index (χ3n) is 6.29. The Balaban J connectivity index is 1.51. The van der Waals surface area contributed by atoms with Crippen molar-refractivity contribution in [1.29, 1.82) is 0 Å². The molecule has 0 saturated carbocycles. The fourth-order valence-corrected chi connectivity index (χ4v) is 5.61. The van der Waals surface area contributed by atoms with Crippen LogP contribution < -0.4 is 5.32 Å². The van der Waals surface area contributed by atoms with Crippen LogP contribution >= 0.6 is 12.2 Å². The van der Waals surface area contributed by atoms with Gasteiger partial charge in [0.15, 0.2) is 5.78 Å². The number of thiocarbonyl (C=S) groups is 1. The molecule has 154 valence electrons. The molecule has 4 rings (SSSR count). The van der Waals surface area contributed by atoms with E-state index in [1.54, 1.807) is 0 Å². The fraction of sp³-hybridized carbons (Fsp3) is 0.762. The van der Waals surface area contributed by atoms with Gasteiger partial charge in [0.05, 0.1) is 10.9 Å². The van der Waals surface area contributed by atoms with E-state index in [1.165, 1.54) is 0 Å². The Labute approximate surface area is 172 Å². The van der Waals surface area contributed by atoms with Crippen LogP contribution in [0.25, 0.3) is 0 Å². The molecule has 1 aliphatic carbocycles. The van der Waals surface area contributed by atoms with E-state index < -0.39 is 11.7 Å². The molecular formula is C21H30N2O4S. The van der Waals surface area contributed by atoms with Crippen molar-refractivity contribution in [2.75, 3.05) is 6.54 Å². The van der Waals surface area contributed by atoms with Crippen molar-refractivity contribution in [3.8, 4) is 0 Å². The normalized spacial score (nSPS) is 35.0. The average molecular weight is 407 g/mol. The zero-order chi connectivity index (χ0) is 20.2. The van der Waals surface area contributed by atoms with Gasteiger partial charge in [-0.3, -0.25) is 4.79 Å². The monoisotopic (exact) mass is 406 g/mol. The van der Waals surface area contributed by atoms with Crippen LogP contribution in [0, 0.1) is 11.8 Å². The number of alkyl carbamates (subject to hydrolysis) is 1. The number of ether oxygens (including phenoxy) is 2. The van der Waals surface area contributed by atoms with Gasteiger partial charge in [0.25, 0.3) is 0 Å². The lowest BCUT2D eigenvalue weighted by molar-refractivity contribution is -0.133. The van der Waals surface area contributed by atoms with E-state index in [2.05, 4.69) is 17.1 Å². The Hall–Kier alpha value is -1.63. The minimum Gasteiger partial charge on any atom is -0.493 e. The summed E-state index contributed by atoms with van der Waals surface area (Å²) in [5.74, 6) is 0.973. The molecule has 1 N–H and O–H groups in total. The van der Waals surface area contributed by atoms with Gasteiger partial charge in [-0.25, -0.2) is 4.79 Å². The lowest BCUT2D eigenvalue weighted by Crippen LogP contribution is -2.56. The number of ketones is 1. The summed E-state index contributed by atoms with van der Waals surface area (Å²) in [6.07, 6.45) is 3.47. The van der Waals surface area contributed by atoms with E-state index in [0.29, 0.717) is 6.42 Å². The predicted molar refractivity (Wildman–Crippen MR) is 109 cm³/mol. The molecule has 0 aromatic heterocycles. The number of piperidine rings is 1. The molecule has 0 aromatic rings. The minimum absolute atomic E-state index is 0.0564. The van der Waals surface area contributed by atoms with Crippen LogP contribution in [0.2, 0.25) is 0 Å². The fourth-order valence-electron chi connectivity index (χ4n) is 5.26. The van der Waals surface area contributed by atoms with Crippen molar-refractivity contribution in [2.45, 2.75) is 83.6 Å². The van der Waals surface area contributed by atoms with Gasteiger partial charge in [0.1, 0.15) is 17.5 Å². The van der Waals surface area contributed by atoms with Crippen LogP contribution in [0.5, 0.6) is 0 Å². The lowest BCUT2D eigenvalue weighted by Gasteiger charge is -2.47. The second-order valence-corrected chi connectivity index (χ2v) is 10.0. The molecule has 0 aromatic carbocycles. The first kappa shape index (κ1) is 19.7. The van der Waals surface area contributed by atoms with Crippen LogP contribution in [-0.2, 0) is 14.3 Å². The molecule has 2 fully saturated rings. The van der Waals surface area contributed by atoms with Crippen LogP contribution in [0.3, 0.4) is 0 Å². The van der Waals surface area contributed by atoms with E-state index in [0.717, 1.165) is 48.5 Å². The predicted octanol–water partition coefficient (Wildman–Crippen LogP) is 3.34. The van der Waals surface area contributed by atoms with Gasteiger partial charge in [0, 0.05) is 37.0 Å². The maximum atomic E-state index is 13.5. The first-order chi connectivity index (χ1) is 13.1. The lowest BCUT2D eigenvalue weighted by atomic mass is 9.72. The minimum atomic E-state index is -0.533. The number of hydrogen-bond donors (Lipinski definition) is 1. The number of nitrogens with one attached hydrogen (secondary N) is 1. The molecule has 4 aliphatic rings. The van der Waals surface area contributed by atoms with Crippen molar-refractivity contribution >= 4 is 29.1 Å². The number of allylic oxidation sites excluding steroid dienone is 1. The van der Waals surface area contributed by atoms with Gasteiger partial charge in [-0.15, -0.1) is 0 Å². The molecule has 3 aliphatic heterocycles. The van der Waals surface area contributed by atoms with E-state index in [1.807, 2.05) is 20.8 Å². The molecule has 0 unspecified atom stereocenters. The number of carbonyl (C=O) groups excluding carboxylic acids is 2. The highest BCUT2D eigenvalue weighted by atomic mass is 32.1. The summed E-state index contributed by atoms with van der Waals surface area (Å²) in [5.41, 5.74) is 0.304. The molecular weight excluding hydrogens is 376 g/mol. The highest BCUT2D eigenvalue weighted by Crippen LogP contribution is 2.45. The summed E-state index contributed by atoms with van der Waals surface area (Å²) < 4.78 is 11.8. The highest BCUT2D eigenvalue weighted by Gasteiger charge is 2.52. The van der Waals surface area contributed by atoms with Crippen LogP contribution in [-0.4, -0.2) is 52.1 Å². The Morgan fingerprint density at radius 3 is 2.79 bits per heavy atom. The Morgan fingerprint density at radius 1 is 1.32 bits per heavy atom. The van der Waals surface area contributed by atoms with Gasteiger partial charge >= 0.3 is 6.09 Å². The van der Waals surface area contributed by atoms with E-state index in [9.17, 15) is 9.59 Å². The summed E-state index contributed by atoms with van der Waals surface area (Å²) in [4.78, 5) is 28.9. The molecule has 0 radical (unpaired) electrons.